The number of aromatic hydroxyl groups is 2. The van der Waals surface area contributed by atoms with Gasteiger partial charge in [0.15, 0.2) is 0 Å². The monoisotopic (exact) mass is 251 g/mol. The topological polar surface area (TPSA) is 52.5 Å². The Morgan fingerprint density at radius 3 is 2.44 bits per heavy atom. The third-order valence-electron chi connectivity index (χ3n) is 3.14. The number of hydrogen-bond acceptors (Lipinski definition) is 3. The molecule has 18 heavy (non-hydrogen) atoms. The highest BCUT2D eigenvalue weighted by atomic mass is 16.3. The van der Waals surface area contributed by atoms with Crippen LogP contribution in [0.3, 0.4) is 0 Å². The van der Waals surface area contributed by atoms with Crippen LogP contribution >= 0.6 is 0 Å². The molecule has 1 unspecified atom stereocenters. The van der Waals surface area contributed by atoms with Gasteiger partial charge < -0.3 is 15.5 Å². The lowest BCUT2D eigenvalue weighted by molar-refractivity contribution is 0.433. The fourth-order valence-corrected chi connectivity index (χ4v) is 2.00. The quantitative estimate of drug-likeness (QED) is 0.649. The second-order valence-corrected chi connectivity index (χ2v) is 5.31. The van der Waals surface area contributed by atoms with Gasteiger partial charge in [-0.1, -0.05) is 32.8 Å². The highest BCUT2D eigenvalue weighted by Gasteiger charge is 2.09. The molecule has 1 aromatic rings. The molecule has 0 amide bonds. The fraction of sp³-hybridized carbons (Fsp3) is 0.600. The summed E-state index contributed by atoms with van der Waals surface area (Å²) in [6.45, 7) is 7.46. The number of hydrogen-bond donors (Lipinski definition) is 3. The SMILES string of the molecule is CC(C)CCCCNC(C)c1ccc(O)cc1O. The summed E-state index contributed by atoms with van der Waals surface area (Å²) in [7, 11) is 0. The van der Waals surface area contributed by atoms with Gasteiger partial charge >= 0.3 is 0 Å². The van der Waals surface area contributed by atoms with Crippen LogP contribution in [0.5, 0.6) is 11.5 Å². The average Bonchev–Trinajstić information content (AvgIpc) is 2.27. The number of phenols is 2. The zero-order valence-electron chi connectivity index (χ0n) is 11.6. The van der Waals surface area contributed by atoms with Crippen molar-refractivity contribution in [2.75, 3.05) is 6.54 Å². The standard InChI is InChI=1S/C15H25NO2/c1-11(2)6-4-5-9-16-12(3)14-8-7-13(17)10-15(14)18/h7-8,10-12,16-18H,4-6,9H2,1-3H3. The van der Waals surface area contributed by atoms with Crippen LogP contribution in [0.2, 0.25) is 0 Å². The van der Waals surface area contributed by atoms with Gasteiger partial charge in [-0.2, -0.15) is 0 Å². The Hall–Kier alpha value is -1.22. The van der Waals surface area contributed by atoms with E-state index in [1.54, 1.807) is 12.1 Å². The zero-order valence-corrected chi connectivity index (χ0v) is 11.6. The summed E-state index contributed by atoms with van der Waals surface area (Å²) in [5.74, 6) is 1.01. The molecule has 0 radical (unpaired) electrons. The van der Waals surface area contributed by atoms with E-state index >= 15 is 0 Å². The van der Waals surface area contributed by atoms with E-state index in [1.165, 1.54) is 18.9 Å². The van der Waals surface area contributed by atoms with Gasteiger partial charge in [0.1, 0.15) is 11.5 Å². The molecule has 0 saturated heterocycles. The molecule has 0 aliphatic carbocycles. The van der Waals surface area contributed by atoms with Crippen molar-refractivity contribution in [1.29, 1.82) is 0 Å². The lowest BCUT2D eigenvalue weighted by atomic mass is 10.1. The summed E-state index contributed by atoms with van der Waals surface area (Å²) in [5, 5.41) is 22.4. The number of nitrogens with one attached hydrogen (secondary N) is 1. The summed E-state index contributed by atoms with van der Waals surface area (Å²) in [6, 6.07) is 4.85. The minimum Gasteiger partial charge on any atom is -0.508 e. The first kappa shape index (κ1) is 14.8. The van der Waals surface area contributed by atoms with Crippen LogP contribution in [-0.2, 0) is 0 Å². The summed E-state index contributed by atoms with van der Waals surface area (Å²) in [5.41, 5.74) is 0.830. The third-order valence-corrected chi connectivity index (χ3v) is 3.14. The van der Waals surface area contributed by atoms with Crippen molar-refractivity contribution in [1.82, 2.24) is 5.32 Å². The summed E-state index contributed by atoms with van der Waals surface area (Å²) >= 11 is 0. The van der Waals surface area contributed by atoms with E-state index in [1.807, 2.05) is 6.92 Å². The number of rotatable bonds is 7. The lowest BCUT2D eigenvalue weighted by Crippen LogP contribution is -2.20. The molecule has 102 valence electrons. The van der Waals surface area contributed by atoms with E-state index in [-0.39, 0.29) is 17.5 Å². The molecule has 0 saturated carbocycles. The molecule has 3 N–H and O–H groups in total. The van der Waals surface area contributed by atoms with E-state index in [0.29, 0.717) is 0 Å². The van der Waals surface area contributed by atoms with Crippen molar-refractivity contribution in [2.45, 2.75) is 46.1 Å². The Morgan fingerprint density at radius 2 is 1.83 bits per heavy atom. The van der Waals surface area contributed by atoms with Gasteiger partial charge in [-0.3, -0.25) is 0 Å². The molecule has 1 atom stereocenters. The van der Waals surface area contributed by atoms with Crippen molar-refractivity contribution in [3.05, 3.63) is 23.8 Å². The summed E-state index contributed by atoms with van der Waals surface area (Å²) in [4.78, 5) is 0. The molecule has 3 nitrogen and oxygen atoms in total. The maximum Gasteiger partial charge on any atom is 0.124 e. The zero-order chi connectivity index (χ0) is 13.5. The molecule has 3 heteroatoms. The van der Waals surface area contributed by atoms with E-state index in [0.717, 1.165) is 24.4 Å². The van der Waals surface area contributed by atoms with Crippen LogP contribution in [-0.4, -0.2) is 16.8 Å². The van der Waals surface area contributed by atoms with Crippen molar-refractivity contribution in [2.24, 2.45) is 5.92 Å². The highest BCUT2D eigenvalue weighted by molar-refractivity contribution is 5.40. The first-order valence-corrected chi connectivity index (χ1v) is 6.76. The molecule has 0 aromatic heterocycles. The van der Waals surface area contributed by atoms with Gasteiger partial charge in [0.2, 0.25) is 0 Å². The number of unbranched alkanes of at least 4 members (excludes halogenated alkanes) is 1. The van der Waals surface area contributed by atoms with Crippen LogP contribution in [0.4, 0.5) is 0 Å². The predicted molar refractivity (Wildman–Crippen MR) is 74.9 cm³/mol. The van der Waals surface area contributed by atoms with E-state index in [9.17, 15) is 10.2 Å². The third kappa shape index (κ3) is 4.96. The maximum absolute atomic E-state index is 9.74. The van der Waals surface area contributed by atoms with Gasteiger partial charge in [0.25, 0.3) is 0 Å². The van der Waals surface area contributed by atoms with E-state index < -0.39 is 0 Å². The van der Waals surface area contributed by atoms with Crippen LogP contribution in [0.1, 0.15) is 51.6 Å². The van der Waals surface area contributed by atoms with E-state index in [2.05, 4.69) is 19.2 Å². The van der Waals surface area contributed by atoms with Gasteiger partial charge in [0.05, 0.1) is 0 Å². The number of phenolic OH excluding ortho intramolecular Hbond substituents is 2. The van der Waals surface area contributed by atoms with Crippen LogP contribution in [0.15, 0.2) is 18.2 Å². The van der Waals surface area contributed by atoms with Crippen LogP contribution in [0, 0.1) is 5.92 Å². The Bertz CT molecular complexity index is 364. The van der Waals surface area contributed by atoms with Gasteiger partial charge in [-0.15, -0.1) is 0 Å². The Kier molecular flexibility index (Phi) is 5.99. The molecule has 0 heterocycles. The molecule has 1 rings (SSSR count). The first-order chi connectivity index (χ1) is 8.50. The molecule has 0 bridgehead atoms. The van der Waals surface area contributed by atoms with E-state index in [4.69, 9.17) is 0 Å². The minimum absolute atomic E-state index is 0.0976. The minimum atomic E-state index is 0.0976. The predicted octanol–water partition coefficient (Wildman–Crippen LogP) is 3.57. The Labute approximate surface area is 110 Å². The molecule has 1 aromatic carbocycles. The van der Waals surface area contributed by atoms with Crippen molar-refractivity contribution < 1.29 is 10.2 Å². The van der Waals surface area contributed by atoms with Crippen molar-refractivity contribution >= 4 is 0 Å². The fourth-order valence-electron chi connectivity index (χ4n) is 2.00. The number of benzene rings is 1. The second-order valence-electron chi connectivity index (χ2n) is 5.31. The highest BCUT2D eigenvalue weighted by Crippen LogP contribution is 2.27. The summed E-state index contributed by atoms with van der Waals surface area (Å²) in [6.07, 6.45) is 3.65. The normalized spacial score (nSPS) is 12.9. The molecule has 0 aliphatic rings. The van der Waals surface area contributed by atoms with Crippen LogP contribution < -0.4 is 5.32 Å². The summed E-state index contributed by atoms with van der Waals surface area (Å²) < 4.78 is 0. The Morgan fingerprint density at radius 1 is 1.11 bits per heavy atom. The molecule has 0 spiro atoms. The van der Waals surface area contributed by atoms with Crippen molar-refractivity contribution in [3.8, 4) is 11.5 Å². The Balaban J connectivity index is 2.34. The second kappa shape index (κ2) is 7.27. The average molecular weight is 251 g/mol. The smallest absolute Gasteiger partial charge is 0.124 e. The maximum atomic E-state index is 9.74. The molecule has 0 aliphatic heterocycles. The van der Waals surface area contributed by atoms with Crippen molar-refractivity contribution in [3.63, 3.8) is 0 Å². The molecular weight excluding hydrogens is 226 g/mol. The van der Waals surface area contributed by atoms with Gasteiger partial charge in [-0.05, 0) is 31.9 Å². The van der Waals surface area contributed by atoms with Gasteiger partial charge in [-0.25, -0.2) is 0 Å². The largest absolute Gasteiger partial charge is 0.508 e. The lowest BCUT2D eigenvalue weighted by Gasteiger charge is -2.16. The van der Waals surface area contributed by atoms with Gasteiger partial charge in [0, 0.05) is 17.7 Å². The molecular formula is C15H25NO2. The first-order valence-electron chi connectivity index (χ1n) is 6.76. The molecule has 0 fully saturated rings. The van der Waals surface area contributed by atoms with Crippen LogP contribution in [0.25, 0.3) is 0 Å².